The van der Waals surface area contributed by atoms with E-state index in [1.165, 1.54) is 97.7 Å². The van der Waals surface area contributed by atoms with Crippen molar-refractivity contribution in [3.63, 3.8) is 0 Å². The molecule has 0 saturated carbocycles. The molecule has 314 valence electrons. The molecule has 12 aromatic rings. The van der Waals surface area contributed by atoms with Crippen molar-refractivity contribution in [2.45, 2.75) is 5.41 Å². The molecule has 2 heteroatoms. The summed E-state index contributed by atoms with van der Waals surface area (Å²) in [5.41, 5.74) is 17.7. The Balaban J connectivity index is 0.999. The Morgan fingerprint density at radius 1 is 0.313 bits per heavy atom. The maximum Gasteiger partial charge on any atom is 0.0714 e. The van der Waals surface area contributed by atoms with Crippen molar-refractivity contribution in [1.29, 1.82) is 0 Å². The number of thiophene rings is 1. The van der Waals surface area contributed by atoms with E-state index in [2.05, 4.69) is 266 Å². The Morgan fingerprint density at radius 3 is 1.58 bits per heavy atom. The third-order valence-corrected chi connectivity index (χ3v) is 15.2. The minimum atomic E-state index is -0.512. The summed E-state index contributed by atoms with van der Waals surface area (Å²) >= 11 is 1.89. The van der Waals surface area contributed by atoms with Crippen LogP contribution in [0.1, 0.15) is 22.3 Å². The highest BCUT2D eigenvalue weighted by atomic mass is 32.1. The van der Waals surface area contributed by atoms with Gasteiger partial charge < -0.3 is 4.90 Å². The zero-order chi connectivity index (χ0) is 44.3. The van der Waals surface area contributed by atoms with Crippen LogP contribution in [0.5, 0.6) is 0 Å². The predicted molar refractivity (Wildman–Crippen MR) is 285 cm³/mol. The highest BCUT2D eigenvalue weighted by molar-refractivity contribution is 7.26. The molecule has 1 heterocycles. The van der Waals surface area contributed by atoms with Gasteiger partial charge in [-0.05, 0) is 121 Å². The van der Waals surface area contributed by atoms with Crippen LogP contribution in [-0.4, -0.2) is 0 Å². The van der Waals surface area contributed by atoms with Crippen LogP contribution in [0.2, 0.25) is 0 Å². The number of hydrogen-bond donors (Lipinski definition) is 0. The first-order chi connectivity index (χ1) is 33.2. The molecule has 1 aliphatic carbocycles. The molecule has 0 radical (unpaired) electrons. The van der Waals surface area contributed by atoms with E-state index in [0.29, 0.717) is 0 Å². The lowest BCUT2D eigenvalue weighted by Crippen LogP contribution is -2.28. The molecule has 13 rings (SSSR count). The standard InChI is InChI=1S/C65H43NS/c1-4-16-44(17-5-1)46-30-34-52(35-31-46)66(54-38-39-57-56-24-12-14-26-60(56)65(61(57)43-54,50-20-6-2-7-21-50)51-22-8-3-9-23-51)53-36-32-47(33-37-53)55-40-41-59-58-25-13-15-27-62(58)67-64(59)63(55)49-29-28-45-18-10-11-19-48(45)42-49/h1-43H. The summed E-state index contributed by atoms with van der Waals surface area (Å²) < 4.78 is 2.62. The van der Waals surface area contributed by atoms with E-state index in [0.717, 1.165) is 17.1 Å². The first-order valence-electron chi connectivity index (χ1n) is 23.1. The summed E-state index contributed by atoms with van der Waals surface area (Å²) in [6, 6.07) is 96.3. The van der Waals surface area contributed by atoms with E-state index in [1.54, 1.807) is 0 Å². The average Bonchev–Trinajstić information content (AvgIpc) is 3.93. The van der Waals surface area contributed by atoms with Gasteiger partial charge in [0.05, 0.1) is 5.41 Å². The van der Waals surface area contributed by atoms with Gasteiger partial charge >= 0.3 is 0 Å². The predicted octanol–water partition coefficient (Wildman–Crippen LogP) is 18.0. The zero-order valence-corrected chi connectivity index (χ0v) is 37.5. The van der Waals surface area contributed by atoms with E-state index in [4.69, 9.17) is 0 Å². The van der Waals surface area contributed by atoms with Gasteiger partial charge in [-0.3, -0.25) is 0 Å². The molecule has 1 aromatic heterocycles. The van der Waals surface area contributed by atoms with Crippen molar-refractivity contribution in [2.75, 3.05) is 4.90 Å². The summed E-state index contributed by atoms with van der Waals surface area (Å²) in [6.07, 6.45) is 0. The normalized spacial score (nSPS) is 12.6. The van der Waals surface area contributed by atoms with E-state index < -0.39 is 5.41 Å². The molecule has 11 aromatic carbocycles. The monoisotopic (exact) mass is 869 g/mol. The van der Waals surface area contributed by atoms with Crippen molar-refractivity contribution in [2.24, 2.45) is 0 Å². The van der Waals surface area contributed by atoms with E-state index in [1.807, 2.05) is 11.3 Å². The van der Waals surface area contributed by atoms with E-state index >= 15 is 0 Å². The highest BCUT2D eigenvalue weighted by Crippen LogP contribution is 2.57. The van der Waals surface area contributed by atoms with Crippen LogP contribution in [0.25, 0.3) is 75.5 Å². The van der Waals surface area contributed by atoms with Gasteiger partial charge in [0.15, 0.2) is 0 Å². The molecule has 0 N–H and O–H groups in total. The van der Waals surface area contributed by atoms with Crippen LogP contribution < -0.4 is 4.90 Å². The second-order valence-corrected chi connectivity index (χ2v) is 18.6. The minimum Gasteiger partial charge on any atom is -0.310 e. The van der Waals surface area contributed by atoms with Gasteiger partial charge in [-0.1, -0.05) is 212 Å². The second kappa shape index (κ2) is 16.0. The molecule has 0 amide bonds. The number of rotatable bonds is 8. The Labute approximate surface area is 395 Å². The summed E-state index contributed by atoms with van der Waals surface area (Å²) in [4.78, 5) is 2.43. The Morgan fingerprint density at radius 2 is 0.851 bits per heavy atom. The number of anilines is 3. The molecule has 0 unspecified atom stereocenters. The summed E-state index contributed by atoms with van der Waals surface area (Å²) in [5, 5.41) is 5.10. The SMILES string of the molecule is c1ccc(-c2ccc(N(c3ccc(-c4ccc5c(sc6ccccc65)c4-c4ccc5ccccc5c4)cc3)c3ccc4c(c3)C(c3ccccc3)(c3ccccc3)c3ccccc3-4)cc2)cc1. The topological polar surface area (TPSA) is 3.24 Å². The highest BCUT2D eigenvalue weighted by Gasteiger charge is 2.46. The van der Waals surface area contributed by atoms with Gasteiger partial charge in [0.25, 0.3) is 0 Å². The summed E-state index contributed by atoms with van der Waals surface area (Å²) in [7, 11) is 0. The van der Waals surface area contributed by atoms with Gasteiger partial charge in [-0.15, -0.1) is 11.3 Å². The lowest BCUT2D eigenvalue weighted by atomic mass is 9.67. The fourth-order valence-electron chi connectivity index (χ4n) is 10.9. The zero-order valence-electron chi connectivity index (χ0n) is 36.7. The number of nitrogens with zero attached hydrogens (tertiary/aromatic N) is 1. The van der Waals surface area contributed by atoms with Crippen molar-refractivity contribution >= 4 is 59.3 Å². The molecule has 0 saturated heterocycles. The lowest BCUT2D eigenvalue weighted by Gasteiger charge is -2.35. The van der Waals surface area contributed by atoms with Crippen LogP contribution in [0, 0.1) is 0 Å². The molecule has 1 aliphatic rings. The van der Waals surface area contributed by atoms with Crippen LogP contribution >= 0.6 is 11.3 Å². The van der Waals surface area contributed by atoms with Crippen LogP contribution in [-0.2, 0) is 5.41 Å². The maximum absolute atomic E-state index is 2.46. The van der Waals surface area contributed by atoms with Crippen molar-refractivity contribution in [3.05, 3.63) is 283 Å². The first kappa shape index (κ1) is 39.1. The maximum atomic E-state index is 2.46. The number of benzene rings is 11. The van der Waals surface area contributed by atoms with E-state index in [-0.39, 0.29) is 0 Å². The van der Waals surface area contributed by atoms with Gasteiger partial charge in [0, 0.05) is 42.8 Å². The molecule has 0 spiro atoms. The Bertz CT molecular complexity index is 3740. The Hall–Kier alpha value is -8.30. The molecule has 0 fully saturated rings. The molecular weight excluding hydrogens is 827 g/mol. The van der Waals surface area contributed by atoms with Gasteiger partial charge in [-0.25, -0.2) is 0 Å². The van der Waals surface area contributed by atoms with Crippen LogP contribution in [0.3, 0.4) is 0 Å². The van der Waals surface area contributed by atoms with Gasteiger partial charge in [0.1, 0.15) is 0 Å². The average molecular weight is 870 g/mol. The van der Waals surface area contributed by atoms with Crippen LogP contribution in [0.4, 0.5) is 17.1 Å². The van der Waals surface area contributed by atoms with Crippen LogP contribution in [0.15, 0.2) is 261 Å². The lowest BCUT2D eigenvalue weighted by molar-refractivity contribution is 0.768. The smallest absolute Gasteiger partial charge is 0.0714 e. The first-order valence-corrected chi connectivity index (χ1v) is 23.9. The quantitative estimate of drug-likeness (QED) is 0.147. The van der Waals surface area contributed by atoms with Gasteiger partial charge in [-0.2, -0.15) is 0 Å². The second-order valence-electron chi connectivity index (χ2n) is 17.6. The molecular formula is C65H43NS. The largest absolute Gasteiger partial charge is 0.310 e. The third kappa shape index (κ3) is 6.37. The summed E-state index contributed by atoms with van der Waals surface area (Å²) in [6.45, 7) is 0. The Kier molecular flexibility index (Phi) is 9.33. The minimum absolute atomic E-state index is 0.512. The number of fused-ring (bicyclic) bond motifs is 7. The molecule has 0 bridgehead atoms. The third-order valence-electron chi connectivity index (χ3n) is 14.0. The molecule has 1 nitrogen and oxygen atoms in total. The fourth-order valence-corrected chi connectivity index (χ4v) is 12.2. The fraction of sp³-hybridized carbons (Fsp3) is 0.0154. The summed E-state index contributed by atoms with van der Waals surface area (Å²) in [5.74, 6) is 0. The van der Waals surface area contributed by atoms with Gasteiger partial charge in [0.2, 0.25) is 0 Å². The molecule has 67 heavy (non-hydrogen) atoms. The van der Waals surface area contributed by atoms with Crippen molar-refractivity contribution < 1.29 is 0 Å². The molecule has 0 atom stereocenters. The molecule has 0 aliphatic heterocycles. The van der Waals surface area contributed by atoms with Crippen molar-refractivity contribution in [3.8, 4) is 44.5 Å². The number of hydrogen-bond acceptors (Lipinski definition) is 2. The van der Waals surface area contributed by atoms with E-state index in [9.17, 15) is 0 Å². The van der Waals surface area contributed by atoms with Crippen molar-refractivity contribution in [1.82, 2.24) is 0 Å².